The molecule has 0 heteroatoms. The van der Waals surface area contributed by atoms with Crippen LogP contribution in [0.1, 0.15) is 84.0 Å². The highest BCUT2D eigenvalue weighted by atomic mass is 14.3. The zero-order valence-corrected chi connectivity index (χ0v) is 16.5. The van der Waals surface area contributed by atoms with Crippen LogP contribution in [0.4, 0.5) is 0 Å². The summed E-state index contributed by atoms with van der Waals surface area (Å²) in [6.45, 7) is 6.14. The van der Waals surface area contributed by atoms with Crippen LogP contribution in [-0.4, -0.2) is 0 Å². The molecule has 0 atom stereocenters. The van der Waals surface area contributed by atoms with E-state index in [0.29, 0.717) is 0 Å². The van der Waals surface area contributed by atoms with Gasteiger partial charge in [-0.15, -0.1) is 6.58 Å². The molecule has 0 spiro atoms. The van der Waals surface area contributed by atoms with Gasteiger partial charge in [0, 0.05) is 0 Å². The minimum Gasteiger partial charge on any atom is -0.103 e. The Kier molecular flexibility index (Phi) is 7.44. The molecule has 0 radical (unpaired) electrons. The molecular weight excluding hydrogens is 300 g/mol. The summed E-state index contributed by atoms with van der Waals surface area (Å²) in [6.07, 6.45) is 29.4. The molecule has 3 fully saturated rings. The molecule has 0 aliphatic heterocycles. The van der Waals surface area contributed by atoms with Gasteiger partial charge in [-0.1, -0.05) is 30.4 Å². The average molecular weight is 341 g/mol. The Bertz CT molecular complexity index is 433. The Hall–Kier alpha value is -0.780. The summed E-state index contributed by atoms with van der Waals surface area (Å²) in [5.74, 6) is 5.50. The minimum atomic E-state index is 0.794. The molecule has 0 amide bonds. The second-order valence-electron chi connectivity index (χ2n) is 9.17. The second kappa shape index (κ2) is 9.79. The van der Waals surface area contributed by atoms with Crippen LogP contribution >= 0.6 is 0 Å². The zero-order chi connectivity index (χ0) is 17.5. The van der Waals surface area contributed by atoms with Gasteiger partial charge in [0.2, 0.25) is 0 Å². The third-order valence-electron chi connectivity index (χ3n) is 7.57. The first-order chi connectivity index (χ1) is 12.3. The molecule has 0 N–H and O–H groups in total. The first-order valence-electron chi connectivity index (χ1n) is 11.2. The Morgan fingerprint density at radius 3 is 1.28 bits per heavy atom. The Labute approximate surface area is 156 Å². The maximum atomic E-state index is 3.97. The fourth-order valence-electron chi connectivity index (χ4n) is 5.78. The van der Waals surface area contributed by atoms with Crippen LogP contribution in [0.3, 0.4) is 0 Å². The highest BCUT2D eigenvalue weighted by Gasteiger charge is 2.29. The molecule has 0 heterocycles. The molecule has 3 aliphatic rings. The van der Waals surface area contributed by atoms with Crippen molar-refractivity contribution >= 4 is 0 Å². The van der Waals surface area contributed by atoms with Gasteiger partial charge >= 0.3 is 0 Å². The van der Waals surface area contributed by atoms with Crippen LogP contribution in [-0.2, 0) is 0 Å². The lowest BCUT2D eigenvalue weighted by molar-refractivity contribution is 0.166. The van der Waals surface area contributed by atoms with Crippen molar-refractivity contribution in [1.29, 1.82) is 0 Å². The SMILES string of the molecule is C=CC1CCC(C=CC2CCC(C3CCC(/C=C/C)CC3)CC2)CC1. The van der Waals surface area contributed by atoms with Crippen LogP contribution in [0.5, 0.6) is 0 Å². The van der Waals surface area contributed by atoms with Crippen molar-refractivity contribution in [1.82, 2.24) is 0 Å². The monoisotopic (exact) mass is 340 g/mol. The van der Waals surface area contributed by atoms with Crippen LogP contribution in [0.15, 0.2) is 37.0 Å². The highest BCUT2D eigenvalue weighted by molar-refractivity contribution is 4.98. The maximum absolute atomic E-state index is 3.97. The Balaban J connectivity index is 1.36. The molecule has 0 saturated heterocycles. The summed E-state index contributed by atoms with van der Waals surface area (Å²) in [4.78, 5) is 0. The van der Waals surface area contributed by atoms with Crippen molar-refractivity contribution in [2.24, 2.45) is 35.5 Å². The number of rotatable bonds is 5. The first kappa shape index (κ1) is 19.0. The molecule has 3 rings (SSSR count). The molecule has 3 saturated carbocycles. The Morgan fingerprint density at radius 2 is 0.880 bits per heavy atom. The fraction of sp³-hybridized carbons (Fsp3) is 0.760. The molecule has 25 heavy (non-hydrogen) atoms. The van der Waals surface area contributed by atoms with Gasteiger partial charge in [0.15, 0.2) is 0 Å². The van der Waals surface area contributed by atoms with Crippen molar-refractivity contribution in [2.45, 2.75) is 84.0 Å². The van der Waals surface area contributed by atoms with Crippen LogP contribution in [0.2, 0.25) is 0 Å². The molecule has 0 unspecified atom stereocenters. The summed E-state index contributed by atoms with van der Waals surface area (Å²) in [5, 5.41) is 0. The van der Waals surface area contributed by atoms with Gasteiger partial charge < -0.3 is 0 Å². The summed E-state index contributed by atoms with van der Waals surface area (Å²) in [7, 11) is 0. The molecule has 0 aromatic carbocycles. The molecular formula is C25H40. The molecule has 3 aliphatic carbocycles. The lowest BCUT2D eigenvalue weighted by Crippen LogP contribution is -2.25. The second-order valence-corrected chi connectivity index (χ2v) is 9.17. The lowest BCUT2D eigenvalue weighted by atomic mass is 9.69. The average Bonchev–Trinajstić information content (AvgIpc) is 2.68. The summed E-state index contributed by atoms with van der Waals surface area (Å²) >= 11 is 0. The van der Waals surface area contributed by atoms with E-state index in [0.717, 1.165) is 35.5 Å². The van der Waals surface area contributed by atoms with E-state index in [-0.39, 0.29) is 0 Å². The predicted octanol–water partition coefficient (Wildman–Crippen LogP) is 7.72. The minimum absolute atomic E-state index is 0.794. The van der Waals surface area contributed by atoms with E-state index in [1.54, 1.807) is 0 Å². The lowest BCUT2D eigenvalue weighted by Gasteiger charge is -2.37. The van der Waals surface area contributed by atoms with Gasteiger partial charge in [-0.25, -0.2) is 0 Å². The standard InChI is InChI=1S/C25H40/c1-3-5-21-12-16-24(17-13-21)25-18-14-23(15-19-25)11-10-22-8-6-20(4-2)7-9-22/h3-5,10-11,20-25H,2,6-9,12-19H2,1H3/b5-3+,11-10?. The van der Waals surface area contributed by atoms with Gasteiger partial charge in [0.1, 0.15) is 0 Å². The highest BCUT2D eigenvalue weighted by Crippen LogP contribution is 2.42. The van der Waals surface area contributed by atoms with Gasteiger partial charge in [0.25, 0.3) is 0 Å². The fourth-order valence-corrected chi connectivity index (χ4v) is 5.78. The maximum Gasteiger partial charge on any atom is -0.0233 e. The quantitative estimate of drug-likeness (QED) is 0.449. The predicted molar refractivity (Wildman–Crippen MR) is 110 cm³/mol. The van der Waals surface area contributed by atoms with Gasteiger partial charge in [-0.05, 0) is 119 Å². The van der Waals surface area contributed by atoms with Crippen molar-refractivity contribution in [3.63, 3.8) is 0 Å². The van der Waals surface area contributed by atoms with Gasteiger partial charge in [-0.2, -0.15) is 0 Å². The van der Waals surface area contributed by atoms with E-state index >= 15 is 0 Å². The van der Waals surface area contributed by atoms with E-state index in [4.69, 9.17) is 0 Å². The van der Waals surface area contributed by atoms with Crippen molar-refractivity contribution < 1.29 is 0 Å². The number of allylic oxidation sites excluding steroid dienone is 5. The summed E-state index contributed by atoms with van der Waals surface area (Å²) in [6, 6.07) is 0. The van der Waals surface area contributed by atoms with Gasteiger partial charge in [-0.3, -0.25) is 0 Å². The van der Waals surface area contributed by atoms with Crippen molar-refractivity contribution in [3.8, 4) is 0 Å². The largest absolute Gasteiger partial charge is 0.103 e. The third kappa shape index (κ3) is 5.60. The first-order valence-corrected chi connectivity index (χ1v) is 11.2. The molecule has 0 aromatic rings. The van der Waals surface area contributed by atoms with Gasteiger partial charge in [0.05, 0.1) is 0 Å². The van der Waals surface area contributed by atoms with E-state index in [1.807, 2.05) is 0 Å². The molecule has 0 aromatic heterocycles. The third-order valence-corrected chi connectivity index (χ3v) is 7.57. The van der Waals surface area contributed by atoms with Crippen LogP contribution < -0.4 is 0 Å². The Morgan fingerprint density at radius 1 is 0.520 bits per heavy atom. The van der Waals surface area contributed by atoms with Crippen molar-refractivity contribution in [2.75, 3.05) is 0 Å². The molecule has 140 valence electrons. The van der Waals surface area contributed by atoms with Crippen molar-refractivity contribution in [3.05, 3.63) is 37.0 Å². The topological polar surface area (TPSA) is 0 Å². The molecule has 0 nitrogen and oxygen atoms in total. The van der Waals surface area contributed by atoms with E-state index in [1.165, 1.54) is 77.0 Å². The normalized spacial score (nSPS) is 40.5. The molecule has 0 bridgehead atoms. The zero-order valence-electron chi connectivity index (χ0n) is 16.5. The van der Waals surface area contributed by atoms with E-state index in [9.17, 15) is 0 Å². The van der Waals surface area contributed by atoms with E-state index in [2.05, 4.69) is 43.9 Å². The summed E-state index contributed by atoms with van der Waals surface area (Å²) in [5.41, 5.74) is 0. The smallest absolute Gasteiger partial charge is 0.0233 e. The van der Waals surface area contributed by atoms with Crippen LogP contribution in [0.25, 0.3) is 0 Å². The van der Waals surface area contributed by atoms with E-state index < -0.39 is 0 Å². The number of hydrogen-bond donors (Lipinski definition) is 0. The number of hydrogen-bond acceptors (Lipinski definition) is 0. The van der Waals surface area contributed by atoms with Crippen LogP contribution in [0, 0.1) is 35.5 Å². The summed E-state index contributed by atoms with van der Waals surface area (Å²) < 4.78 is 0.